The molecular formula is C28H46O3. The average molecular weight is 431 g/mol. The van der Waals surface area contributed by atoms with E-state index in [2.05, 4.69) is 53.3 Å². The number of hydrogen-bond donors (Lipinski definition) is 3. The normalized spacial score (nSPS) is 50.7. The van der Waals surface area contributed by atoms with E-state index in [1.165, 1.54) is 24.8 Å². The largest absolute Gasteiger partial charge is 0.393 e. The Hall–Kier alpha value is -0.640. The van der Waals surface area contributed by atoms with Crippen LogP contribution in [-0.2, 0) is 0 Å². The summed E-state index contributed by atoms with van der Waals surface area (Å²) in [6.45, 7) is 15.7. The fourth-order valence-electron chi connectivity index (χ4n) is 8.77. The fraction of sp³-hybridized carbons (Fsp3) is 0.857. The molecule has 0 amide bonds. The molecule has 31 heavy (non-hydrogen) atoms. The molecule has 4 aliphatic rings. The second kappa shape index (κ2) is 7.99. The molecule has 0 unspecified atom stereocenters. The Bertz CT molecular complexity index is 728. The molecule has 0 radical (unpaired) electrons. The monoisotopic (exact) mass is 430 g/mol. The van der Waals surface area contributed by atoms with E-state index >= 15 is 0 Å². The van der Waals surface area contributed by atoms with Gasteiger partial charge >= 0.3 is 0 Å². The van der Waals surface area contributed by atoms with Gasteiger partial charge in [0.2, 0.25) is 0 Å². The molecule has 4 rings (SSSR count). The van der Waals surface area contributed by atoms with Crippen molar-refractivity contribution >= 4 is 0 Å². The van der Waals surface area contributed by atoms with Crippen LogP contribution in [-0.4, -0.2) is 33.1 Å². The van der Waals surface area contributed by atoms with Gasteiger partial charge in [-0.25, -0.2) is 0 Å². The lowest BCUT2D eigenvalue weighted by molar-refractivity contribution is -0.264. The predicted octanol–water partition coefficient (Wildman–Crippen LogP) is 5.50. The lowest BCUT2D eigenvalue weighted by Gasteiger charge is -2.65. The molecule has 3 nitrogen and oxygen atoms in total. The first-order valence-electron chi connectivity index (χ1n) is 12.9. The summed E-state index contributed by atoms with van der Waals surface area (Å²) < 4.78 is 0. The van der Waals surface area contributed by atoms with E-state index in [1.54, 1.807) is 0 Å². The maximum Gasteiger partial charge on any atom is 0.0985 e. The van der Waals surface area contributed by atoms with Gasteiger partial charge in [0.25, 0.3) is 0 Å². The number of aliphatic hydroxyl groups is 3. The van der Waals surface area contributed by atoms with E-state index in [4.69, 9.17) is 0 Å². The molecule has 0 saturated heterocycles. The molecule has 0 aromatic heterocycles. The number of allylic oxidation sites excluding steroid dienone is 3. The van der Waals surface area contributed by atoms with E-state index in [0.29, 0.717) is 53.8 Å². The Morgan fingerprint density at radius 3 is 2.39 bits per heavy atom. The molecule has 3 N–H and O–H groups in total. The van der Waals surface area contributed by atoms with Gasteiger partial charge in [0, 0.05) is 11.8 Å². The van der Waals surface area contributed by atoms with Crippen molar-refractivity contribution in [3.63, 3.8) is 0 Å². The highest BCUT2D eigenvalue weighted by Gasteiger charge is 2.67. The summed E-state index contributed by atoms with van der Waals surface area (Å²) in [6, 6.07) is 0. The van der Waals surface area contributed by atoms with Crippen LogP contribution in [0.4, 0.5) is 0 Å². The highest BCUT2D eigenvalue weighted by atomic mass is 16.3. The standard InChI is InChI=1S/C28H46O3/c1-17(2)18(3)7-8-19(4)22-9-10-23-21-15-25(30)28(31)16-20(29)11-14-27(28,6)24(21)12-13-26(22,23)5/h7-8,17,19-25,29-31H,3,9-16H2,1-2,4-6H3/b8-7+/t19-,20+,21+,22-,23+,24+,25-,26-,27-,28+/m1/s1. The first-order valence-corrected chi connectivity index (χ1v) is 12.9. The topological polar surface area (TPSA) is 60.7 Å². The average Bonchev–Trinajstić information content (AvgIpc) is 3.05. The van der Waals surface area contributed by atoms with Crippen molar-refractivity contribution < 1.29 is 15.3 Å². The van der Waals surface area contributed by atoms with Crippen LogP contribution in [0, 0.1) is 46.3 Å². The first-order chi connectivity index (χ1) is 14.4. The van der Waals surface area contributed by atoms with Gasteiger partial charge in [0.15, 0.2) is 0 Å². The van der Waals surface area contributed by atoms with Crippen molar-refractivity contribution in [2.24, 2.45) is 46.3 Å². The SMILES string of the molecule is C=C(/C=C/[C@@H](C)[C@H]1CC[C@H]2[C@@H]3C[C@@H](O)[C@@]4(O)C[C@@H](O)CC[C@]4(C)[C@H]3CC[C@]12C)C(C)C. The first kappa shape index (κ1) is 23.5. The van der Waals surface area contributed by atoms with E-state index in [0.717, 1.165) is 19.3 Å². The third-order valence-corrected chi connectivity index (χ3v) is 10.9. The van der Waals surface area contributed by atoms with Crippen molar-refractivity contribution in [1.29, 1.82) is 0 Å². The highest BCUT2D eigenvalue weighted by Crippen LogP contribution is 2.69. The van der Waals surface area contributed by atoms with E-state index in [9.17, 15) is 15.3 Å². The predicted molar refractivity (Wildman–Crippen MR) is 126 cm³/mol. The second-order valence-electron chi connectivity index (χ2n) is 12.5. The molecule has 10 atom stereocenters. The molecule has 4 aliphatic carbocycles. The number of rotatable bonds is 4. The Morgan fingerprint density at radius 2 is 1.71 bits per heavy atom. The summed E-state index contributed by atoms with van der Waals surface area (Å²) in [5.74, 6) is 3.27. The highest BCUT2D eigenvalue weighted by molar-refractivity contribution is 5.20. The summed E-state index contributed by atoms with van der Waals surface area (Å²) in [6.07, 6.45) is 10.9. The van der Waals surface area contributed by atoms with Crippen LogP contribution in [0.5, 0.6) is 0 Å². The van der Waals surface area contributed by atoms with Gasteiger partial charge in [-0.1, -0.05) is 58.9 Å². The smallest absolute Gasteiger partial charge is 0.0985 e. The molecular weight excluding hydrogens is 384 g/mol. The minimum Gasteiger partial charge on any atom is -0.393 e. The van der Waals surface area contributed by atoms with Crippen LogP contribution in [0.3, 0.4) is 0 Å². The summed E-state index contributed by atoms with van der Waals surface area (Å²) in [5.41, 5.74) is 0.0979. The number of fused-ring (bicyclic) bond motifs is 5. The van der Waals surface area contributed by atoms with Crippen molar-refractivity contribution in [3.8, 4) is 0 Å². The lowest BCUT2D eigenvalue weighted by atomic mass is 9.42. The van der Waals surface area contributed by atoms with Crippen LogP contribution < -0.4 is 0 Å². The maximum atomic E-state index is 11.6. The molecule has 0 spiro atoms. The molecule has 4 fully saturated rings. The van der Waals surface area contributed by atoms with Gasteiger partial charge in [0.05, 0.1) is 17.8 Å². The van der Waals surface area contributed by atoms with Gasteiger partial charge in [-0.3, -0.25) is 0 Å². The number of aliphatic hydroxyl groups excluding tert-OH is 2. The van der Waals surface area contributed by atoms with Crippen molar-refractivity contribution in [1.82, 2.24) is 0 Å². The Labute approximate surface area is 190 Å². The van der Waals surface area contributed by atoms with Crippen molar-refractivity contribution in [3.05, 3.63) is 24.3 Å². The zero-order valence-electron chi connectivity index (χ0n) is 20.5. The van der Waals surface area contributed by atoms with Crippen LogP contribution in [0.2, 0.25) is 0 Å². The van der Waals surface area contributed by atoms with E-state index in [-0.39, 0.29) is 5.41 Å². The summed E-state index contributed by atoms with van der Waals surface area (Å²) in [7, 11) is 0. The van der Waals surface area contributed by atoms with E-state index in [1.807, 2.05) is 0 Å². The summed E-state index contributed by atoms with van der Waals surface area (Å²) in [4.78, 5) is 0. The molecule has 0 bridgehead atoms. The van der Waals surface area contributed by atoms with E-state index < -0.39 is 17.8 Å². The Kier molecular flexibility index (Phi) is 6.06. The fourth-order valence-corrected chi connectivity index (χ4v) is 8.77. The van der Waals surface area contributed by atoms with Crippen LogP contribution in [0.1, 0.15) is 86.0 Å². The lowest BCUT2D eigenvalue weighted by Crippen LogP contribution is -2.68. The molecule has 176 valence electrons. The quantitative estimate of drug-likeness (QED) is 0.516. The third-order valence-electron chi connectivity index (χ3n) is 10.9. The molecule has 0 aromatic carbocycles. The second-order valence-corrected chi connectivity index (χ2v) is 12.5. The van der Waals surface area contributed by atoms with Gasteiger partial charge in [-0.2, -0.15) is 0 Å². The number of hydrogen-bond acceptors (Lipinski definition) is 3. The van der Waals surface area contributed by atoms with Gasteiger partial charge in [0.1, 0.15) is 0 Å². The van der Waals surface area contributed by atoms with Crippen LogP contribution in [0.15, 0.2) is 24.3 Å². The molecule has 0 aliphatic heterocycles. The van der Waals surface area contributed by atoms with Crippen molar-refractivity contribution in [2.75, 3.05) is 0 Å². The maximum absolute atomic E-state index is 11.6. The molecule has 3 heteroatoms. The van der Waals surface area contributed by atoms with Gasteiger partial charge < -0.3 is 15.3 Å². The summed E-state index contributed by atoms with van der Waals surface area (Å²) in [5, 5.41) is 33.1. The molecule has 0 aromatic rings. The summed E-state index contributed by atoms with van der Waals surface area (Å²) >= 11 is 0. The Morgan fingerprint density at radius 1 is 1.00 bits per heavy atom. The molecule has 4 saturated carbocycles. The minimum atomic E-state index is -1.13. The van der Waals surface area contributed by atoms with Crippen molar-refractivity contribution in [2.45, 2.75) is 104 Å². The van der Waals surface area contributed by atoms with Crippen LogP contribution >= 0.6 is 0 Å². The molecule has 0 heterocycles. The van der Waals surface area contributed by atoms with Gasteiger partial charge in [-0.15, -0.1) is 0 Å². The minimum absolute atomic E-state index is 0.283. The van der Waals surface area contributed by atoms with Gasteiger partial charge in [-0.05, 0) is 85.9 Å². The third kappa shape index (κ3) is 3.49. The zero-order chi connectivity index (χ0) is 22.8. The Balaban J connectivity index is 1.57. The zero-order valence-corrected chi connectivity index (χ0v) is 20.5. The van der Waals surface area contributed by atoms with Crippen LogP contribution in [0.25, 0.3) is 0 Å².